The van der Waals surface area contributed by atoms with Crippen LogP contribution < -0.4 is 5.46 Å². The molecule has 0 radical (unpaired) electrons. The van der Waals surface area contributed by atoms with Gasteiger partial charge in [0.15, 0.2) is 0 Å². The Bertz CT molecular complexity index is 6270. The molecule has 8 heteroatoms. The third-order valence-corrected chi connectivity index (χ3v) is 22.1. The Morgan fingerprint density at radius 1 is 0.308 bits per heavy atom. The van der Waals surface area contributed by atoms with Crippen molar-refractivity contribution in [2.45, 2.75) is 65.6 Å². The van der Waals surface area contributed by atoms with Crippen molar-refractivity contribution in [3.63, 3.8) is 0 Å². The van der Waals surface area contributed by atoms with E-state index in [0.717, 1.165) is 67.9 Å². The predicted octanol–water partition coefficient (Wildman–Crippen LogP) is 25.2. The molecule has 18 aromatic rings. The molecule has 6 nitrogen and oxygen atoms in total. The second-order valence-corrected chi connectivity index (χ2v) is 28.8. The first-order valence-corrected chi connectivity index (χ1v) is 36.9. The van der Waals surface area contributed by atoms with E-state index in [1.165, 1.54) is 120 Å². The number of benzene rings is 16. The summed E-state index contributed by atoms with van der Waals surface area (Å²) in [7, 11) is -0.334. The van der Waals surface area contributed by atoms with Gasteiger partial charge in [0.1, 0.15) is 11.6 Å². The third-order valence-electron chi connectivity index (χ3n) is 21.3. The monoisotopic (exact) mass is 1410 g/mol. The Morgan fingerprint density at radius 2 is 0.663 bits per heavy atom. The molecule has 0 N–H and O–H groups in total. The van der Waals surface area contributed by atoms with E-state index in [1.807, 2.05) is 6.07 Å². The summed E-state index contributed by atoms with van der Waals surface area (Å²) < 4.78 is 18.0. The molecule has 16 aromatic carbocycles. The van der Waals surface area contributed by atoms with Crippen LogP contribution in [0.25, 0.3) is 154 Å². The molecule has 1 aliphatic heterocycles. The molecule has 0 saturated carbocycles. The number of aryl methyl sites for hydroxylation is 2. The van der Waals surface area contributed by atoms with Crippen molar-refractivity contribution in [1.82, 2.24) is 19.1 Å². The van der Waals surface area contributed by atoms with Crippen LogP contribution in [0.5, 0.6) is 0 Å². The van der Waals surface area contributed by atoms with Crippen LogP contribution >= 0.6 is 15.9 Å². The highest BCUT2D eigenvalue weighted by molar-refractivity contribution is 9.10. The van der Waals surface area contributed by atoms with Gasteiger partial charge < -0.3 is 9.31 Å². The summed E-state index contributed by atoms with van der Waals surface area (Å²) in [5.74, 6) is 2.14. The number of aromatic nitrogens is 4. The van der Waals surface area contributed by atoms with Crippen LogP contribution in [0.1, 0.15) is 53.2 Å². The summed E-state index contributed by atoms with van der Waals surface area (Å²) in [4.78, 5) is 9.69. The molecule has 0 bridgehead atoms. The van der Waals surface area contributed by atoms with Gasteiger partial charge in [-0.25, -0.2) is 9.97 Å². The number of imidazole rings is 2. The average Bonchev–Trinajstić information content (AvgIpc) is 1.10. The van der Waals surface area contributed by atoms with Crippen LogP contribution in [0.4, 0.5) is 0 Å². The fourth-order valence-electron chi connectivity index (χ4n) is 15.3. The zero-order chi connectivity index (χ0) is 70.6. The molecule has 0 aliphatic carbocycles. The maximum Gasteiger partial charge on any atom is 0.494 e. The van der Waals surface area contributed by atoms with Crippen molar-refractivity contribution in [2.24, 2.45) is 0 Å². The van der Waals surface area contributed by atoms with Crippen LogP contribution in [0, 0.1) is 0 Å². The van der Waals surface area contributed by atoms with E-state index in [-0.39, 0.29) is 18.3 Å². The third kappa shape index (κ3) is 12.0. The molecule has 0 atom stereocenters. The van der Waals surface area contributed by atoms with Crippen LogP contribution in [-0.4, -0.2) is 37.4 Å². The van der Waals surface area contributed by atoms with Crippen molar-refractivity contribution in [3.05, 3.63) is 344 Å². The van der Waals surface area contributed by atoms with E-state index in [4.69, 9.17) is 19.3 Å². The molecule has 0 unspecified atom stereocenters. The molecular weight excluding hydrogens is 1330 g/mol. The van der Waals surface area contributed by atoms with E-state index in [2.05, 4.69) is 388 Å². The molecule has 104 heavy (non-hydrogen) atoms. The van der Waals surface area contributed by atoms with Crippen molar-refractivity contribution in [2.75, 3.05) is 0 Å². The second-order valence-electron chi connectivity index (χ2n) is 28.0. The number of para-hydroxylation sites is 4. The first kappa shape index (κ1) is 65.8. The maximum absolute atomic E-state index is 6.15. The van der Waals surface area contributed by atoms with Crippen molar-refractivity contribution < 1.29 is 9.31 Å². The van der Waals surface area contributed by atoms with Crippen LogP contribution in [0.15, 0.2) is 332 Å². The molecule has 0 spiro atoms. The fourth-order valence-corrected chi connectivity index (χ4v) is 16.0. The van der Waals surface area contributed by atoms with E-state index >= 15 is 0 Å². The van der Waals surface area contributed by atoms with Crippen molar-refractivity contribution in [1.29, 1.82) is 0 Å². The highest BCUT2D eigenvalue weighted by atomic mass is 79.9. The molecule has 19 rings (SSSR count). The van der Waals surface area contributed by atoms with Gasteiger partial charge in [-0.15, -0.1) is 0 Å². The Morgan fingerprint density at radius 3 is 1.14 bits per heavy atom. The maximum atomic E-state index is 6.15. The largest absolute Gasteiger partial charge is 0.494 e. The molecular formula is C96H76BBrN4O2. The minimum Gasteiger partial charge on any atom is -0.399 e. The summed E-state index contributed by atoms with van der Waals surface area (Å²) in [6.07, 6.45) is 1.75. The summed E-state index contributed by atoms with van der Waals surface area (Å²) in [6, 6.07) is 118. The smallest absolute Gasteiger partial charge is 0.399 e. The topological polar surface area (TPSA) is 54.1 Å². The lowest BCUT2D eigenvalue weighted by molar-refractivity contribution is 0.00578. The molecule has 1 aliphatic rings. The summed E-state index contributed by atoms with van der Waals surface area (Å²) in [5.41, 5.74) is 19.4. The summed E-state index contributed by atoms with van der Waals surface area (Å²) >= 11 is 3.94. The van der Waals surface area contributed by atoms with Crippen LogP contribution in [0.2, 0.25) is 0 Å². The number of hydrogen-bond donors (Lipinski definition) is 0. The van der Waals surface area contributed by atoms with Gasteiger partial charge in [-0.05, 0) is 242 Å². The predicted molar refractivity (Wildman–Crippen MR) is 443 cm³/mol. The van der Waals surface area contributed by atoms with Gasteiger partial charge in [-0.2, -0.15) is 0 Å². The Kier molecular flexibility index (Phi) is 17.3. The van der Waals surface area contributed by atoms with E-state index in [9.17, 15) is 0 Å². The highest BCUT2D eigenvalue weighted by Gasteiger charge is 2.51. The minimum absolute atomic E-state index is 0.327. The van der Waals surface area contributed by atoms with Crippen molar-refractivity contribution in [3.8, 4) is 67.0 Å². The van der Waals surface area contributed by atoms with Gasteiger partial charge >= 0.3 is 7.12 Å². The van der Waals surface area contributed by atoms with Gasteiger partial charge in [0.2, 0.25) is 0 Å². The lowest BCUT2D eigenvalue weighted by Crippen LogP contribution is -2.41. The SMILES string of the molecule is Brc1c2ccccc2c(-c2ccc3ccccc3c2)c2ccc(-c3ccccc3)cc12.CCc1nc2ccccc2n1-c1ccc(-c2c3ccccc3c(-c3ccc4ccccc4c3)c3ccc(-c4ccccc4)cc23)cc1.CCc1nc2ccccc2n1-c1ccc(B2OC(C)(C)C(C)(C)O2)cc1. The summed E-state index contributed by atoms with van der Waals surface area (Å²) in [6.45, 7) is 12.6. The molecule has 3 heterocycles. The Balaban J connectivity index is 0.000000122. The number of fused-ring (bicyclic) bond motifs is 8. The first-order valence-electron chi connectivity index (χ1n) is 36.1. The first-order chi connectivity index (χ1) is 50.9. The lowest BCUT2D eigenvalue weighted by Gasteiger charge is -2.32. The Labute approximate surface area is 615 Å². The Hall–Kier alpha value is -11.5. The number of halogens is 1. The lowest BCUT2D eigenvalue weighted by atomic mass is 9.79. The molecule has 1 fully saturated rings. The number of hydrogen-bond acceptors (Lipinski definition) is 4. The summed E-state index contributed by atoms with van der Waals surface area (Å²) in [5, 5.41) is 15.1. The molecule has 0 amide bonds. The van der Waals surface area contributed by atoms with E-state index in [0.29, 0.717) is 0 Å². The fraction of sp³-hybridized carbons (Fsp3) is 0.104. The highest BCUT2D eigenvalue weighted by Crippen LogP contribution is 2.47. The van der Waals surface area contributed by atoms with Crippen molar-refractivity contribution >= 4 is 115 Å². The number of rotatable bonds is 10. The minimum atomic E-state index is -0.334. The zero-order valence-electron chi connectivity index (χ0n) is 59.2. The van der Waals surface area contributed by atoms with Crippen LogP contribution in [0.3, 0.4) is 0 Å². The van der Waals surface area contributed by atoms with E-state index in [1.54, 1.807) is 0 Å². The zero-order valence-corrected chi connectivity index (χ0v) is 60.7. The van der Waals surface area contributed by atoms with Gasteiger partial charge in [0.25, 0.3) is 0 Å². The molecule has 502 valence electrons. The molecule has 1 saturated heterocycles. The quantitative estimate of drug-likeness (QED) is 0.101. The van der Waals surface area contributed by atoms with Gasteiger partial charge in [-0.1, -0.05) is 269 Å². The number of nitrogens with zero attached hydrogens (tertiary/aromatic N) is 4. The molecule has 2 aromatic heterocycles. The van der Waals surface area contributed by atoms with Gasteiger partial charge in [0, 0.05) is 28.7 Å². The van der Waals surface area contributed by atoms with E-state index < -0.39 is 0 Å². The second kappa shape index (κ2) is 27.4. The standard InChI is InChI=1S/C45H32N2.C30H19Br.C21H25BN2O2/c1-2-43-46-41-18-10-11-19-42(41)47(43)36-25-22-32(23-26-36)44-37-16-8-9-17-38(37)45(35-21-20-31-14-6-7-15-33(31)28-35)39-27-24-34(29-40(39)44)30-12-4-3-5-13-30;31-30-27-13-7-6-12-25(27)29(24-15-14-21-10-4-5-11-22(21)18-24)26-17-16-23(19-28(26)30)20-8-2-1-3-9-20;1-6-19-23-17-9-7-8-10-18(17)24(19)16-13-11-15(12-14-16)22-25-20(2,3)21(4,5)26-22/h3-29H,2H2,1H3;1-19H;7-14H,6H2,1-5H3. The average molecular weight is 1410 g/mol. The van der Waals surface area contributed by atoms with Crippen LogP contribution in [-0.2, 0) is 22.2 Å². The van der Waals surface area contributed by atoms with Gasteiger partial charge in [0.05, 0.1) is 33.3 Å². The normalized spacial score (nSPS) is 13.3. The van der Waals surface area contributed by atoms with Gasteiger partial charge in [-0.3, -0.25) is 9.13 Å².